The molecule has 10 heteroatoms. The second kappa shape index (κ2) is 14.4. The minimum Gasteiger partial charge on any atom is -0.494 e. The molecule has 1 saturated heterocycles. The van der Waals surface area contributed by atoms with E-state index in [0.29, 0.717) is 39.7 Å². The van der Waals surface area contributed by atoms with Crippen LogP contribution < -0.4 is 30.9 Å². The van der Waals surface area contributed by atoms with Crippen LogP contribution >= 0.6 is 19.5 Å². The molecule has 2 aromatic carbocycles. The first-order chi connectivity index (χ1) is 19.0. The van der Waals surface area contributed by atoms with E-state index in [1.165, 1.54) is 11.4 Å². The van der Waals surface area contributed by atoms with Gasteiger partial charge in [-0.1, -0.05) is 50.9 Å². The maximum Gasteiger partial charge on any atom is 0.247 e. The Morgan fingerprint density at radius 2 is 1.90 bits per heavy atom. The van der Waals surface area contributed by atoms with Gasteiger partial charge in [0.1, 0.15) is 11.6 Å². The molecule has 0 radical (unpaired) electrons. The van der Waals surface area contributed by atoms with Gasteiger partial charge in [0, 0.05) is 37.1 Å². The molecule has 1 atom stereocenters. The highest BCUT2D eigenvalue weighted by atomic mass is 35.5. The second-order valence-electron chi connectivity index (χ2n) is 9.95. The van der Waals surface area contributed by atoms with Crippen LogP contribution in [0.4, 0.5) is 22.7 Å². The molecule has 1 heterocycles. The van der Waals surface area contributed by atoms with Crippen LogP contribution in [0.25, 0.3) is 0 Å². The maximum absolute atomic E-state index is 12.3. The first-order valence-electron chi connectivity index (χ1n) is 13.0. The summed E-state index contributed by atoms with van der Waals surface area (Å²) in [5, 5.41) is 11.2. The van der Waals surface area contributed by atoms with Crippen molar-refractivity contribution in [2.75, 3.05) is 68.5 Å². The molecule has 0 saturated carbocycles. The highest BCUT2D eigenvalue weighted by Crippen LogP contribution is 2.39. The number of nitrogens with one attached hydrogen (secondary N) is 3. The predicted molar refractivity (Wildman–Crippen MR) is 174 cm³/mol. The molecule has 0 bridgehead atoms. The van der Waals surface area contributed by atoms with Crippen LogP contribution in [0.2, 0.25) is 0 Å². The van der Waals surface area contributed by atoms with Gasteiger partial charge in [0.05, 0.1) is 34.9 Å². The summed E-state index contributed by atoms with van der Waals surface area (Å²) in [6.45, 7) is 15.6. The highest BCUT2D eigenvalue weighted by molar-refractivity contribution is 7.64. The van der Waals surface area contributed by atoms with Crippen LogP contribution in [0.15, 0.2) is 77.6 Å². The fraction of sp³-hybridized carbons (Fsp3) is 0.333. The Hall–Kier alpha value is -3.32. The standard InChI is InChI=1S/C30H40ClN6O2P/c1-9-30(38)35-25-16-26(28(39-6)17-27(25)37-15-14-22(19-37)36(4)5)34-21(3)32-18-23(31)20(2)33-24-12-10-11-13-29(24)40(7)8/h9-13,16-18,22,33H,1-2,14-15,19H2,3-8H3,(H,32,34)(H,35,38)/b23-18+/t22-/m0/s1. The molecule has 1 aliphatic heterocycles. The Balaban J connectivity index is 1.83. The lowest BCUT2D eigenvalue weighted by atomic mass is 10.2. The van der Waals surface area contributed by atoms with Gasteiger partial charge < -0.3 is 30.5 Å². The third kappa shape index (κ3) is 8.10. The molecule has 1 amide bonds. The predicted octanol–water partition coefficient (Wildman–Crippen LogP) is 5.86. The van der Waals surface area contributed by atoms with E-state index in [0.717, 1.165) is 30.9 Å². The molecule has 1 aliphatic rings. The SMILES string of the molecule is C=CC(=O)Nc1cc(N/C(C)=N/C=C(/Cl)C(=C)Nc2ccccc2P(C)C)c(OC)cc1N1CC[C@H](N(C)C)C1. The van der Waals surface area contributed by atoms with Gasteiger partial charge in [-0.2, -0.15) is 0 Å². The van der Waals surface area contributed by atoms with E-state index in [1.807, 2.05) is 37.3 Å². The molecular weight excluding hydrogens is 543 g/mol. The number of ether oxygens (including phenoxy) is 1. The number of allylic oxidation sites excluding steroid dienone is 1. The summed E-state index contributed by atoms with van der Waals surface area (Å²) in [5.74, 6) is 0.924. The number of anilines is 4. The molecule has 214 valence electrons. The number of para-hydroxylation sites is 1. The smallest absolute Gasteiger partial charge is 0.247 e. The largest absolute Gasteiger partial charge is 0.494 e. The van der Waals surface area contributed by atoms with Gasteiger partial charge in [-0.25, -0.2) is 4.99 Å². The summed E-state index contributed by atoms with van der Waals surface area (Å²) in [6, 6.07) is 12.4. The van der Waals surface area contributed by atoms with Crippen molar-refractivity contribution in [1.29, 1.82) is 0 Å². The summed E-state index contributed by atoms with van der Waals surface area (Å²) in [5.41, 5.74) is 3.76. The van der Waals surface area contributed by atoms with Gasteiger partial charge in [-0.3, -0.25) is 4.79 Å². The Morgan fingerprint density at radius 1 is 1.18 bits per heavy atom. The number of amides is 1. The van der Waals surface area contributed by atoms with Crippen molar-refractivity contribution in [2.45, 2.75) is 19.4 Å². The quantitative estimate of drug-likeness (QED) is 0.101. The molecule has 1 fully saturated rings. The summed E-state index contributed by atoms with van der Waals surface area (Å²) < 4.78 is 5.72. The third-order valence-electron chi connectivity index (χ3n) is 6.64. The zero-order valence-electron chi connectivity index (χ0n) is 24.2. The fourth-order valence-corrected chi connectivity index (χ4v) is 5.51. The minimum absolute atomic E-state index is 0.285. The van der Waals surface area contributed by atoms with Gasteiger partial charge in [-0.05, 0) is 64.3 Å². The Labute approximate surface area is 244 Å². The Bertz CT molecular complexity index is 1310. The van der Waals surface area contributed by atoms with Crippen LogP contribution in [0.3, 0.4) is 0 Å². The average molecular weight is 583 g/mol. The van der Waals surface area contributed by atoms with Crippen molar-refractivity contribution in [3.05, 3.63) is 72.6 Å². The molecular formula is C30H40ClN6O2P. The van der Waals surface area contributed by atoms with E-state index in [-0.39, 0.29) is 13.8 Å². The zero-order chi connectivity index (χ0) is 29.4. The van der Waals surface area contributed by atoms with E-state index in [2.05, 4.69) is 77.4 Å². The number of hydrogen-bond acceptors (Lipinski definition) is 6. The number of hydrogen-bond donors (Lipinski definition) is 3. The molecule has 2 aromatic rings. The zero-order valence-corrected chi connectivity index (χ0v) is 25.9. The van der Waals surface area contributed by atoms with Gasteiger partial charge >= 0.3 is 0 Å². The molecule has 3 rings (SSSR count). The number of rotatable bonds is 11. The first kappa shape index (κ1) is 31.2. The Kier molecular flexibility index (Phi) is 11.2. The third-order valence-corrected chi connectivity index (χ3v) is 8.32. The van der Waals surface area contributed by atoms with Crippen molar-refractivity contribution in [3.63, 3.8) is 0 Å². The number of halogens is 1. The number of aliphatic imine (C=N–C) groups is 1. The van der Waals surface area contributed by atoms with Crippen molar-refractivity contribution in [1.82, 2.24) is 4.90 Å². The molecule has 0 unspecified atom stereocenters. The van der Waals surface area contributed by atoms with E-state index in [9.17, 15) is 4.79 Å². The normalized spacial score (nSPS) is 15.8. The van der Waals surface area contributed by atoms with Gasteiger partial charge in [-0.15, -0.1) is 0 Å². The van der Waals surface area contributed by atoms with Gasteiger partial charge in [0.2, 0.25) is 5.91 Å². The summed E-state index contributed by atoms with van der Waals surface area (Å²) in [4.78, 5) is 21.2. The molecule has 3 N–H and O–H groups in total. The number of methoxy groups -OCH3 is 1. The average Bonchev–Trinajstić information content (AvgIpc) is 3.42. The molecule has 40 heavy (non-hydrogen) atoms. The van der Waals surface area contributed by atoms with E-state index in [1.54, 1.807) is 13.3 Å². The lowest BCUT2D eigenvalue weighted by molar-refractivity contribution is -0.111. The van der Waals surface area contributed by atoms with Crippen LogP contribution in [0.5, 0.6) is 5.75 Å². The number of carbonyl (C=O) groups excluding carboxylic acids is 1. The highest BCUT2D eigenvalue weighted by Gasteiger charge is 2.27. The number of carbonyl (C=O) groups is 1. The number of likely N-dealkylation sites (N-methyl/N-ethyl adjacent to an activating group) is 1. The van der Waals surface area contributed by atoms with Crippen LogP contribution in [-0.4, -0.2) is 70.3 Å². The summed E-state index contributed by atoms with van der Waals surface area (Å²) in [6.07, 6.45) is 3.84. The Morgan fingerprint density at radius 3 is 2.52 bits per heavy atom. The van der Waals surface area contributed by atoms with Gasteiger partial charge in [0.15, 0.2) is 0 Å². The number of benzene rings is 2. The van der Waals surface area contributed by atoms with E-state index < -0.39 is 0 Å². The van der Waals surface area contributed by atoms with Crippen molar-refractivity contribution < 1.29 is 9.53 Å². The van der Waals surface area contributed by atoms with Crippen molar-refractivity contribution in [3.8, 4) is 5.75 Å². The number of nitrogens with zero attached hydrogens (tertiary/aromatic N) is 3. The summed E-state index contributed by atoms with van der Waals surface area (Å²) >= 11 is 6.52. The molecule has 0 aromatic heterocycles. The molecule has 0 aliphatic carbocycles. The van der Waals surface area contributed by atoms with Crippen molar-refractivity contribution >= 4 is 59.3 Å². The first-order valence-corrected chi connectivity index (χ1v) is 15.6. The topological polar surface area (TPSA) is 81.2 Å². The minimum atomic E-state index is -0.291. The molecule has 0 spiro atoms. The van der Waals surface area contributed by atoms with E-state index >= 15 is 0 Å². The van der Waals surface area contributed by atoms with Crippen LogP contribution in [0.1, 0.15) is 13.3 Å². The fourth-order valence-electron chi connectivity index (χ4n) is 4.41. The summed E-state index contributed by atoms with van der Waals surface area (Å²) in [7, 11) is 5.50. The number of amidine groups is 1. The lowest BCUT2D eigenvalue weighted by Gasteiger charge is -2.25. The monoisotopic (exact) mass is 582 g/mol. The molecule has 8 nitrogen and oxygen atoms in total. The van der Waals surface area contributed by atoms with Crippen LogP contribution in [-0.2, 0) is 4.79 Å². The lowest BCUT2D eigenvalue weighted by Crippen LogP contribution is -2.31. The second-order valence-corrected chi connectivity index (χ2v) is 12.6. The van der Waals surface area contributed by atoms with Gasteiger partial charge in [0.25, 0.3) is 0 Å². The van der Waals surface area contributed by atoms with Crippen LogP contribution in [0, 0.1) is 0 Å². The van der Waals surface area contributed by atoms with E-state index in [4.69, 9.17) is 16.3 Å². The maximum atomic E-state index is 12.3. The van der Waals surface area contributed by atoms with Crippen molar-refractivity contribution in [2.24, 2.45) is 4.99 Å².